The van der Waals surface area contributed by atoms with Crippen molar-refractivity contribution in [2.75, 3.05) is 4.90 Å². The normalized spacial score (nSPS) is 10.9. The van der Waals surface area contributed by atoms with Crippen molar-refractivity contribution in [3.8, 4) is 17.9 Å². The average Bonchev–Trinajstić information content (AvgIpc) is 2.85. The topological polar surface area (TPSA) is 99.2 Å². The molecule has 0 N–H and O–H groups in total. The van der Waals surface area contributed by atoms with Gasteiger partial charge in [-0.1, -0.05) is 12.1 Å². The Morgan fingerprint density at radius 3 is 2.33 bits per heavy atom. The summed E-state index contributed by atoms with van der Waals surface area (Å²) in [7, 11) is 0. The average molecular weight is 491 g/mol. The summed E-state index contributed by atoms with van der Waals surface area (Å²) >= 11 is 0. The molecule has 0 saturated heterocycles. The Morgan fingerprint density at radius 2 is 1.72 bits per heavy atom. The Hall–Kier alpha value is -4.50. The number of nitriles is 2. The molecular weight excluding hydrogens is 466 g/mol. The number of pyridine rings is 1. The summed E-state index contributed by atoms with van der Waals surface area (Å²) in [6, 6.07) is 18.4. The molecule has 1 heterocycles. The molecule has 3 rings (SSSR count). The largest absolute Gasteiger partial charge is 0.487 e. The number of nitrogens with zero attached hydrogens (tertiary/aromatic N) is 4. The number of hydrogen-bond acceptors (Lipinski definition) is 6. The van der Waals surface area contributed by atoms with E-state index in [2.05, 4.69) is 4.98 Å². The minimum Gasteiger partial charge on any atom is -0.487 e. The van der Waals surface area contributed by atoms with Gasteiger partial charge in [-0.2, -0.15) is 10.5 Å². The van der Waals surface area contributed by atoms with Crippen LogP contribution in [0.2, 0.25) is 0 Å². The summed E-state index contributed by atoms with van der Waals surface area (Å²) in [5.74, 6) is -0.131. The lowest BCUT2D eigenvalue weighted by molar-refractivity contribution is 0.0577. The predicted octanol–water partition coefficient (Wildman–Crippen LogP) is 6.28. The Labute approximate surface area is 208 Å². The van der Waals surface area contributed by atoms with E-state index in [-0.39, 0.29) is 18.9 Å². The summed E-state index contributed by atoms with van der Waals surface area (Å²) in [6.45, 7) is 5.10. The zero-order valence-corrected chi connectivity index (χ0v) is 20.0. The molecule has 9 heteroatoms. The van der Waals surface area contributed by atoms with Crippen LogP contribution in [0.15, 0.2) is 60.8 Å². The first-order chi connectivity index (χ1) is 17.1. The number of benzene rings is 2. The third-order valence-electron chi connectivity index (χ3n) is 4.86. The molecule has 0 aliphatic heterocycles. The Balaban J connectivity index is 1.91. The molecule has 0 unspecified atom stereocenters. The van der Waals surface area contributed by atoms with E-state index < -0.39 is 23.8 Å². The molecule has 36 heavy (non-hydrogen) atoms. The lowest BCUT2D eigenvalue weighted by Gasteiger charge is -2.27. The maximum atomic E-state index is 13.6. The van der Waals surface area contributed by atoms with Crippen molar-refractivity contribution in [1.82, 2.24) is 4.98 Å². The number of aromatic nitrogens is 1. The number of carbonyl (C=O) groups is 1. The Kier molecular flexibility index (Phi) is 8.18. The number of carbonyl (C=O) groups excluding carboxylic acids is 1. The molecule has 3 aromatic rings. The third kappa shape index (κ3) is 7.00. The molecule has 0 atom stereocenters. The van der Waals surface area contributed by atoms with Gasteiger partial charge in [0.1, 0.15) is 23.7 Å². The van der Waals surface area contributed by atoms with Crippen molar-refractivity contribution in [3.63, 3.8) is 0 Å². The second-order valence-corrected chi connectivity index (χ2v) is 8.85. The van der Waals surface area contributed by atoms with E-state index in [0.717, 1.165) is 0 Å². The third-order valence-corrected chi connectivity index (χ3v) is 4.86. The molecule has 0 radical (unpaired) electrons. The van der Waals surface area contributed by atoms with Gasteiger partial charge in [-0.15, -0.1) is 0 Å². The van der Waals surface area contributed by atoms with Crippen LogP contribution in [0.4, 0.5) is 19.3 Å². The van der Waals surface area contributed by atoms with Gasteiger partial charge in [0.15, 0.2) is 0 Å². The SMILES string of the molecule is CC(C)(C)OC(=O)N(Cc1cnc(C(F)F)c(OCc2cccc(C#N)c2)c1)c1ccc(C#N)cc1. The molecule has 0 saturated carbocycles. The Bertz CT molecular complexity index is 1310. The molecule has 0 bridgehead atoms. The zero-order valence-electron chi connectivity index (χ0n) is 20.0. The molecule has 0 aliphatic carbocycles. The molecule has 184 valence electrons. The van der Waals surface area contributed by atoms with Gasteiger partial charge in [0.25, 0.3) is 6.43 Å². The molecule has 2 aromatic carbocycles. The van der Waals surface area contributed by atoms with Crippen LogP contribution in [0.3, 0.4) is 0 Å². The molecular formula is C27H24F2N4O3. The van der Waals surface area contributed by atoms with Crippen LogP contribution >= 0.6 is 0 Å². The van der Waals surface area contributed by atoms with Gasteiger partial charge >= 0.3 is 6.09 Å². The first kappa shape index (κ1) is 26.1. The van der Waals surface area contributed by atoms with E-state index >= 15 is 0 Å². The maximum absolute atomic E-state index is 13.6. The van der Waals surface area contributed by atoms with E-state index in [1.54, 1.807) is 69.3 Å². The van der Waals surface area contributed by atoms with Crippen LogP contribution in [0.25, 0.3) is 0 Å². The molecule has 1 aromatic heterocycles. The lowest BCUT2D eigenvalue weighted by Crippen LogP contribution is -2.36. The monoisotopic (exact) mass is 490 g/mol. The predicted molar refractivity (Wildman–Crippen MR) is 128 cm³/mol. The van der Waals surface area contributed by atoms with Crippen molar-refractivity contribution in [1.29, 1.82) is 10.5 Å². The Morgan fingerprint density at radius 1 is 1.03 bits per heavy atom. The number of hydrogen-bond donors (Lipinski definition) is 0. The number of ether oxygens (including phenoxy) is 2. The molecule has 7 nitrogen and oxygen atoms in total. The summed E-state index contributed by atoms with van der Waals surface area (Å²) in [4.78, 5) is 18.2. The van der Waals surface area contributed by atoms with E-state index in [4.69, 9.17) is 20.0 Å². The highest BCUT2D eigenvalue weighted by atomic mass is 19.3. The minimum atomic E-state index is -2.88. The summed E-state index contributed by atoms with van der Waals surface area (Å²) in [5.41, 5.74) is 1.05. The smallest absolute Gasteiger partial charge is 0.415 e. The molecule has 0 fully saturated rings. The standard InChI is InChI=1S/C27H24F2N4O3/c1-27(2,3)36-26(34)33(22-9-7-18(13-30)8-10-22)16-21-12-23(24(25(28)29)32-15-21)35-17-20-6-4-5-19(11-20)14-31/h4-12,15,25H,16-17H2,1-3H3. The van der Waals surface area contributed by atoms with Gasteiger partial charge < -0.3 is 9.47 Å². The van der Waals surface area contributed by atoms with Crippen LogP contribution in [-0.2, 0) is 17.9 Å². The van der Waals surface area contributed by atoms with Crippen molar-refractivity contribution in [2.24, 2.45) is 0 Å². The molecule has 0 spiro atoms. The number of amides is 1. The second-order valence-electron chi connectivity index (χ2n) is 8.85. The van der Waals surface area contributed by atoms with Crippen LogP contribution in [0.5, 0.6) is 5.75 Å². The number of alkyl halides is 2. The van der Waals surface area contributed by atoms with Gasteiger partial charge in [-0.3, -0.25) is 9.88 Å². The fraction of sp³-hybridized carbons (Fsp3) is 0.259. The van der Waals surface area contributed by atoms with Gasteiger partial charge in [0.05, 0.1) is 29.8 Å². The first-order valence-electron chi connectivity index (χ1n) is 11.0. The van der Waals surface area contributed by atoms with Crippen molar-refractivity contribution in [2.45, 2.75) is 45.9 Å². The maximum Gasteiger partial charge on any atom is 0.415 e. The summed E-state index contributed by atoms with van der Waals surface area (Å²) < 4.78 is 38.4. The van der Waals surface area contributed by atoms with Crippen molar-refractivity contribution >= 4 is 11.8 Å². The van der Waals surface area contributed by atoms with E-state index in [1.165, 1.54) is 17.2 Å². The number of halogens is 2. The van der Waals surface area contributed by atoms with E-state index in [0.29, 0.717) is 27.9 Å². The summed E-state index contributed by atoms with van der Waals surface area (Å²) in [5, 5.41) is 18.1. The second kappa shape index (κ2) is 11.3. The van der Waals surface area contributed by atoms with E-state index in [9.17, 15) is 13.6 Å². The van der Waals surface area contributed by atoms with Gasteiger partial charge in [-0.25, -0.2) is 13.6 Å². The van der Waals surface area contributed by atoms with Gasteiger partial charge in [-0.05, 0) is 74.4 Å². The molecule has 0 aliphatic rings. The van der Waals surface area contributed by atoms with Gasteiger partial charge in [0.2, 0.25) is 0 Å². The van der Waals surface area contributed by atoms with Crippen molar-refractivity contribution < 1.29 is 23.0 Å². The first-order valence-corrected chi connectivity index (χ1v) is 11.0. The van der Waals surface area contributed by atoms with Crippen LogP contribution < -0.4 is 9.64 Å². The van der Waals surface area contributed by atoms with Crippen molar-refractivity contribution in [3.05, 3.63) is 88.7 Å². The zero-order chi connectivity index (χ0) is 26.3. The van der Waals surface area contributed by atoms with E-state index in [1.807, 2.05) is 12.1 Å². The lowest BCUT2D eigenvalue weighted by atomic mass is 10.1. The minimum absolute atomic E-state index is 0.0440. The fourth-order valence-corrected chi connectivity index (χ4v) is 3.23. The van der Waals surface area contributed by atoms with Gasteiger partial charge in [0, 0.05) is 11.9 Å². The number of anilines is 1. The highest BCUT2D eigenvalue weighted by molar-refractivity contribution is 5.87. The molecule has 1 amide bonds. The number of rotatable bonds is 7. The quantitative estimate of drug-likeness (QED) is 0.386. The highest BCUT2D eigenvalue weighted by Crippen LogP contribution is 2.30. The highest BCUT2D eigenvalue weighted by Gasteiger charge is 2.25. The van der Waals surface area contributed by atoms with Crippen LogP contribution in [-0.4, -0.2) is 16.7 Å². The fourth-order valence-electron chi connectivity index (χ4n) is 3.23. The summed E-state index contributed by atoms with van der Waals surface area (Å²) in [6.07, 6.45) is -2.27. The van der Waals surface area contributed by atoms with Crippen LogP contribution in [0, 0.1) is 22.7 Å². The van der Waals surface area contributed by atoms with Crippen LogP contribution in [0.1, 0.15) is 55.1 Å².